The first-order chi connectivity index (χ1) is 7.29. The number of hydrogen-bond acceptors (Lipinski definition) is 2. The van der Waals surface area contributed by atoms with E-state index in [0.717, 1.165) is 6.42 Å². The molecule has 1 N–H and O–H groups in total. The number of rotatable bonds is 3. The Morgan fingerprint density at radius 1 is 1.40 bits per heavy atom. The van der Waals surface area contributed by atoms with Gasteiger partial charge in [0.15, 0.2) is 0 Å². The largest absolute Gasteiger partial charge is 0.380 e. The molecule has 0 aliphatic rings. The molecule has 76 valence electrons. The topological polar surface area (TPSA) is 20.2 Å². The standard InChI is InChI=1S/C13H12OS/c1-2-11(14)7-8-12-9-10-5-3-4-6-13(10)15-12/h1,3-6,9,11,14H,7-8H2/t11-/m0/s1. The number of thiophene rings is 1. The van der Waals surface area contributed by atoms with E-state index in [1.807, 2.05) is 12.1 Å². The number of aliphatic hydroxyl groups is 1. The van der Waals surface area contributed by atoms with Crippen molar-refractivity contribution in [3.63, 3.8) is 0 Å². The molecule has 0 amide bonds. The molecule has 0 saturated heterocycles. The summed E-state index contributed by atoms with van der Waals surface area (Å²) < 4.78 is 1.29. The van der Waals surface area contributed by atoms with Crippen molar-refractivity contribution >= 4 is 21.4 Å². The van der Waals surface area contributed by atoms with Gasteiger partial charge in [0.05, 0.1) is 0 Å². The van der Waals surface area contributed by atoms with Crippen molar-refractivity contribution in [1.82, 2.24) is 0 Å². The van der Waals surface area contributed by atoms with E-state index in [9.17, 15) is 5.11 Å². The van der Waals surface area contributed by atoms with Gasteiger partial charge in [-0.2, -0.15) is 0 Å². The SMILES string of the molecule is C#C[C@H](O)CCc1cc2ccccc2s1. The summed E-state index contributed by atoms with van der Waals surface area (Å²) in [4.78, 5) is 1.28. The highest BCUT2D eigenvalue weighted by Gasteiger charge is 2.03. The number of benzene rings is 1. The third kappa shape index (κ3) is 2.38. The number of fused-ring (bicyclic) bond motifs is 1. The second-order valence-electron chi connectivity index (χ2n) is 3.47. The highest BCUT2D eigenvalue weighted by Crippen LogP contribution is 2.26. The van der Waals surface area contributed by atoms with Gasteiger partial charge in [-0.15, -0.1) is 17.8 Å². The van der Waals surface area contributed by atoms with Crippen LogP contribution in [0.2, 0.25) is 0 Å². The molecule has 1 heterocycles. The molecule has 0 bridgehead atoms. The van der Waals surface area contributed by atoms with Crippen molar-refractivity contribution in [2.75, 3.05) is 0 Å². The quantitative estimate of drug-likeness (QED) is 0.782. The fourth-order valence-corrected chi connectivity index (χ4v) is 2.60. The second kappa shape index (κ2) is 4.48. The van der Waals surface area contributed by atoms with Crippen molar-refractivity contribution in [2.45, 2.75) is 18.9 Å². The summed E-state index contributed by atoms with van der Waals surface area (Å²) in [5.41, 5.74) is 0. The lowest BCUT2D eigenvalue weighted by Gasteiger charge is -1.99. The first-order valence-electron chi connectivity index (χ1n) is 4.91. The zero-order valence-corrected chi connectivity index (χ0v) is 9.13. The Kier molecular flexibility index (Phi) is 3.05. The van der Waals surface area contributed by atoms with Crippen molar-refractivity contribution in [2.24, 2.45) is 0 Å². The highest BCUT2D eigenvalue weighted by atomic mass is 32.1. The molecule has 2 heteroatoms. The molecule has 0 radical (unpaired) electrons. The van der Waals surface area contributed by atoms with Gasteiger partial charge in [-0.25, -0.2) is 0 Å². The van der Waals surface area contributed by atoms with Gasteiger partial charge in [0.25, 0.3) is 0 Å². The molecular formula is C13H12OS. The molecular weight excluding hydrogens is 204 g/mol. The summed E-state index contributed by atoms with van der Waals surface area (Å²) in [5, 5.41) is 10.5. The minimum Gasteiger partial charge on any atom is -0.380 e. The molecule has 0 aliphatic carbocycles. The maximum absolute atomic E-state index is 9.26. The van der Waals surface area contributed by atoms with Crippen LogP contribution >= 0.6 is 11.3 Å². The van der Waals surface area contributed by atoms with Crippen LogP contribution in [0.1, 0.15) is 11.3 Å². The van der Waals surface area contributed by atoms with Crippen LogP contribution in [0, 0.1) is 12.3 Å². The van der Waals surface area contributed by atoms with Crippen molar-refractivity contribution in [3.8, 4) is 12.3 Å². The third-order valence-electron chi connectivity index (χ3n) is 2.33. The van der Waals surface area contributed by atoms with Gasteiger partial charge in [-0.3, -0.25) is 0 Å². The fourth-order valence-electron chi connectivity index (χ4n) is 1.52. The van der Waals surface area contributed by atoms with Gasteiger partial charge in [-0.1, -0.05) is 24.1 Å². The lowest BCUT2D eigenvalue weighted by Crippen LogP contribution is -2.02. The van der Waals surface area contributed by atoms with Crippen LogP contribution in [-0.4, -0.2) is 11.2 Å². The van der Waals surface area contributed by atoms with Crippen molar-refractivity contribution < 1.29 is 5.11 Å². The van der Waals surface area contributed by atoms with Gasteiger partial charge in [-0.05, 0) is 30.4 Å². The highest BCUT2D eigenvalue weighted by molar-refractivity contribution is 7.19. The predicted molar refractivity (Wildman–Crippen MR) is 65.0 cm³/mol. The molecule has 2 aromatic rings. The molecule has 1 aromatic carbocycles. The van der Waals surface area contributed by atoms with Crippen LogP contribution in [0.25, 0.3) is 10.1 Å². The zero-order chi connectivity index (χ0) is 10.7. The summed E-state index contributed by atoms with van der Waals surface area (Å²) >= 11 is 1.77. The van der Waals surface area contributed by atoms with E-state index in [1.165, 1.54) is 15.0 Å². The van der Waals surface area contributed by atoms with Crippen molar-refractivity contribution in [1.29, 1.82) is 0 Å². The average molecular weight is 216 g/mol. The smallest absolute Gasteiger partial charge is 0.114 e. The Balaban J connectivity index is 2.13. The van der Waals surface area contributed by atoms with Gasteiger partial charge in [0, 0.05) is 9.58 Å². The number of hydrogen-bond donors (Lipinski definition) is 1. The molecule has 0 fully saturated rings. The predicted octanol–water partition coefficient (Wildman–Crippen LogP) is 2.83. The first kappa shape index (κ1) is 10.2. The maximum Gasteiger partial charge on any atom is 0.114 e. The molecule has 2 rings (SSSR count). The van der Waals surface area contributed by atoms with Crippen molar-refractivity contribution in [3.05, 3.63) is 35.2 Å². The summed E-state index contributed by atoms with van der Waals surface area (Å²) in [6.07, 6.45) is 5.99. The van der Waals surface area contributed by atoms with Crippen LogP contribution in [0.3, 0.4) is 0 Å². The minimum absolute atomic E-state index is 0.616. The number of terminal acetylenes is 1. The van der Waals surface area contributed by atoms with Gasteiger partial charge in [0.2, 0.25) is 0 Å². The van der Waals surface area contributed by atoms with E-state index in [0.29, 0.717) is 6.42 Å². The molecule has 1 atom stereocenters. The first-order valence-corrected chi connectivity index (χ1v) is 5.73. The average Bonchev–Trinajstić information content (AvgIpc) is 2.68. The monoisotopic (exact) mass is 216 g/mol. The van der Waals surface area contributed by atoms with Gasteiger partial charge >= 0.3 is 0 Å². The van der Waals surface area contributed by atoms with E-state index >= 15 is 0 Å². The molecule has 0 unspecified atom stereocenters. The third-order valence-corrected chi connectivity index (χ3v) is 3.51. The van der Waals surface area contributed by atoms with E-state index in [1.54, 1.807) is 11.3 Å². The summed E-state index contributed by atoms with van der Waals surface area (Å²) in [5.74, 6) is 2.33. The van der Waals surface area contributed by atoms with E-state index in [4.69, 9.17) is 6.42 Å². The Hall–Kier alpha value is -1.30. The van der Waals surface area contributed by atoms with Crippen LogP contribution in [0.5, 0.6) is 0 Å². The van der Waals surface area contributed by atoms with E-state index in [-0.39, 0.29) is 0 Å². The normalized spacial score (nSPS) is 12.5. The molecule has 0 saturated carbocycles. The van der Waals surface area contributed by atoms with E-state index in [2.05, 4.69) is 24.1 Å². The van der Waals surface area contributed by atoms with Crippen LogP contribution in [0.4, 0.5) is 0 Å². The maximum atomic E-state index is 9.26. The van der Waals surface area contributed by atoms with Crippen LogP contribution in [-0.2, 0) is 6.42 Å². The Morgan fingerprint density at radius 2 is 2.20 bits per heavy atom. The summed E-state index contributed by atoms with van der Waals surface area (Å²) in [7, 11) is 0. The number of aryl methyl sites for hydroxylation is 1. The van der Waals surface area contributed by atoms with Crippen LogP contribution < -0.4 is 0 Å². The molecule has 0 spiro atoms. The lowest BCUT2D eigenvalue weighted by atomic mass is 10.1. The van der Waals surface area contributed by atoms with Gasteiger partial charge in [0.1, 0.15) is 6.10 Å². The van der Waals surface area contributed by atoms with Crippen LogP contribution in [0.15, 0.2) is 30.3 Å². The fraction of sp³-hybridized carbons (Fsp3) is 0.231. The summed E-state index contributed by atoms with van der Waals surface area (Å²) in [6, 6.07) is 10.5. The molecule has 15 heavy (non-hydrogen) atoms. The second-order valence-corrected chi connectivity index (χ2v) is 4.64. The Labute approximate surface area is 93.4 Å². The van der Waals surface area contributed by atoms with E-state index < -0.39 is 6.10 Å². The Bertz CT molecular complexity index is 459. The lowest BCUT2D eigenvalue weighted by molar-refractivity contribution is 0.223. The van der Waals surface area contributed by atoms with Gasteiger partial charge < -0.3 is 5.11 Å². The zero-order valence-electron chi connectivity index (χ0n) is 8.31. The summed E-state index contributed by atoms with van der Waals surface area (Å²) in [6.45, 7) is 0. The number of aliphatic hydroxyl groups excluding tert-OH is 1. The molecule has 0 aliphatic heterocycles. The molecule has 1 aromatic heterocycles. The molecule has 1 nitrogen and oxygen atoms in total. The minimum atomic E-state index is -0.616. The Morgan fingerprint density at radius 3 is 2.93 bits per heavy atom.